The van der Waals surface area contributed by atoms with Gasteiger partial charge in [0, 0.05) is 32.5 Å². The third-order valence-corrected chi connectivity index (χ3v) is 2.75. The van der Waals surface area contributed by atoms with Crippen molar-refractivity contribution >= 4 is 41.5 Å². The van der Waals surface area contributed by atoms with E-state index in [1.54, 1.807) is 6.08 Å². The monoisotopic (exact) mass is 396 g/mol. The molecule has 19 heavy (non-hydrogen) atoms. The lowest BCUT2D eigenvalue weighted by atomic mass is 10.4. The second kappa shape index (κ2) is 9.25. The highest BCUT2D eigenvalue weighted by Crippen LogP contribution is 2.14. The fourth-order valence-corrected chi connectivity index (χ4v) is 1.93. The highest BCUT2D eigenvalue weighted by atomic mass is 127. The molecule has 1 aromatic rings. The Balaban J connectivity index is 0.00000324. The van der Waals surface area contributed by atoms with E-state index in [1.165, 1.54) is 0 Å². The molecule has 0 radical (unpaired) electrons. The summed E-state index contributed by atoms with van der Waals surface area (Å²) < 4.78 is 2.02. The zero-order valence-electron chi connectivity index (χ0n) is 11.7. The minimum absolute atomic E-state index is 0. The highest BCUT2D eigenvalue weighted by molar-refractivity contribution is 14.0. The Hall–Kier alpha value is -0.690. The van der Waals surface area contributed by atoms with Crippen molar-refractivity contribution in [3.63, 3.8) is 0 Å². The molecular weight excluding hydrogens is 375 g/mol. The minimum atomic E-state index is 0. The third-order valence-electron chi connectivity index (χ3n) is 2.54. The largest absolute Gasteiger partial charge is 0.357 e. The maximum atomic E-state index is 5.97. The summed E-state index contributed by atoms with van der Waals surface area (Å²) in [7, 11) is 3.99. The molecule has 0 aliphatic heterocycles. The first kappa shape index (κ1) is 18.3. The molecule has 0 aliphatic carbocycles. The van der Waals surface area contributed by atoms with Crippen LogP contribution in [0.25, 0.3) is 0 Å². The zero-order chi connectivity index (χ0) is 13.5. The number of halogens is 2. The summed E-state index contributed by atoms with van der Waals surface area (Å²) in [4.78, 5) is 6.50. The molecule has 0 spiro atoms. The number of nitrogens with one attached hydrogen (secondary N) is 1. The van der Waals surface area contributed by atoms with Crippen LogP contribution in [0.1, 0.15) is 12.6 Å². The lowest BCUT2D eigenvalue weighted by Gasteiger charge is -2.22. The third kappa shape index (κ3) is 5.86. The molecule has 0 amide bonds. The van der Waals surface area contributed by atoms with E-state index in [2.05, 4.69) is 28.7 Å². The van der Waals surface area contributed by atoms with E-state index in [9.17, 15) is 0 Å². The van der Waals surface area contributed by atoms with Gasteiger partial charge < -0.3 is 14.8 Å². The number of nitrogens with zero attached hydrogens (tertiary/aromatic N) is 3. The predicted octanol–water partition coefficient (Wildman–Crippen LogP) is 2.88. The fourth-order valence-electron chi connectivity index (χ4n) is 1.66. The molecule has 0 saturated heterocycles. The van der Waals surface area contributed by atoms with Crippen LogP contribution in [0, 0.1) is 0 Å². The van der Waals surface area contributed by atoms with Crippen LogP contribution < -0.4 is 5.32 Å². The van der Waals surface area contributed by atoms with Gasteiger partial charge in [0.1, 0.15) is 0 Å². The number of hydrogen-bond acceptors (Lipinski definition) is 1. The SMILES string of the molecule is C=CCN=C(NCC)N(C)Cc1cc(Cl)cn1C.I. The van der Waals surface area contributed by atoms with Crippen LogP contribution in [0.2, 0.25) is 5.02 Å². The van der Waals surface area contributed by atoms with Crippen LogP contribution >= 0.6 is 35.6 Å². The van der Waals surface area contributed by atoms with Gasteiger partial charge in [-0.05, 0) is 13.0 Å². The molecule has 0 bridgehead atoms. The van der Waals surface area contributed by atoms with Crippen molar-refractivity contribution in [1.82, 2.24) is 14.8 Å². The van der Waals surface area contributed by atoms with E-state index in [4.69, 9.17) is 11.6 Å². The van der Waals surface area contributed by atoms with Gasteiger partial charge in [0.25, 0.3) is 0 Å². The zero-order valence-corrected chi connectivity index (χ0v) is 14.8. The lowest BCUT2D eigenvalue weighted by Crippen LogP contribution is -2.38. The molecule has 0 atom stereocenters. The second-order valence-corrected chi connectivity index (χ2v) is 4.54. The van der Waals surface area contributed by atoms with Crippen LogP contribution in [0.3, 0.4) is 0 Å². The van der Waals surface area contributed by atoms with E-state index in [1.807, 2.05) is 30.9 Å². The standard InChI is InChI=1S/C13H21ClN4.HI/c1-5-7-16-13(15-6-2)18(4)10-12-8-11(14)9-17(12)3;/h5,8-9H,1,6-7,10H2,2-4H3,(H,15,16);1H. The van der Waals surface area contributed by atoms with Gasteiger partial charge in [0.2, 0.25) is 0 Å². The van der Waals surface area contributed by atoms with Crippen molar-refractivity contribution in [3.8, 4) is 0 Å². The maximum absolute atomic E-state index is 5.97. The molecule has 1 rings (SSSR count). The topological polar surface area (TPSA) is 32.6 Å². The Kier molecular flexibility index (Phi) is 8.92. The van der Waals surface area contributed by atoms with Gasteiger partial charge in [-0.3, -0.25) is 0 Å². The molecule has 1 aromatic heterocycles. The van der Waals surface area contributed by atoms with Gasteiger partial charge in [0.15, 0.2) is 5.96 Å². The maximum Gasteiger partial charge on any atom is 0.194 e. The molecule has 1 N–H and O–H groups in total. The Morgan fingerprint density at radius 1 is 1.63 bits per heavy atom. The van der Waals surface area contributed by atoms with Gasteiger partial charge in [-0.1, -0.05) is 17.7 Å². The number of aromatic nitrogens is 1. The summed E-state index contributed by atoms with van der Waals surface area (Å²) in [5.74, 6) is 0.870. The second-order valence-electron chi connectivity index (χ2n) is 4.10. The van der Waals surface area contributed by atoms with Gasteiger partial charge in [-0.25, -0.2) is 4.99 Å². The van der Waals surface area contributed by atoms with Crippen LogP contribution in [-0.4, -0.2) is 35.6 Å². The van der Waals surface area contributed by atoms with E-state index in [0.717, 1.165) is 29.8 Å². The van der Waals surface area contributed by atoms with Gasteiger partial charge in [0.05, 0.1) is 18.1 Å². The lowest BCUT2D eigenvalue weighted by molar-refractivity contribution is 0.463. The first-order chi connectivity index (χ1) is 8.58. The van der Waals surface area contributed by atoms with Crippen LogP contribution in [0.4, 0.5) is 0 Å². The molecule has 108 valence electrons. The Bertz CT molecular complexity index is 428. The number of aliphatic imine (C=N–C) groups is 1. The Morgan fingerprint density at radius 3 is 2.79 bits per heavy atom. The molecule has 0 aromatic carbocycles. The molecule has 4 nitrogen and oxygen atoms in total. The van der Waals surface area contributed by atoms with Gasteiger partial charge in [-0.2, -0.15) is 0 Å². The number of guanidine groups is 1. The van der Waals surface area contributed by atoms with E-state index < -0.39 is 0 Å². The van der Waals surface area contributed by atoms with Gasteiger partial charge >= 0.3 is 0 Å². The van der Waals surface area contributed by atoms with Gasteiger partial charge in [-0.15, -0.1) is 30.6 Å². The number of aryl methyl sites for hydroxylation is 1. The summed E-state index contributed by atoms with van der Waals surface area (Å²) >= 11 is 5.97. The van der Waals surface area contributed by atoms with Crippen molar-refractivity contribution in [2.45, 2.75) is 13.5 Å². The predicted molar refractivity (Wildman–Crippen MR) is 93.5 cm³/mol. The molecule has 0 aliphatic rings. The Morgan fingerprint density at radius 2 is 2.32 bits per heavy atom. The molecule has 0 fully saturated rings. The quantitative estimate of drug-likeness (QED) is 0.359. The summed E-state index contributed by atoms with van der Waals surface area (Å²) in [5.41, 5.74) is 1.15. The minimum Gasteiger partial charge on any atom is -0.357 e. The fraction of sp³-hybridized carbons (Fsp3) is 0.462. The molecule has 1 heterocycles. The van der Waals surface area contributed by atoms with Crippen molar-refractivity contribution in [2.75, 3.05) is 20.1 Å². The van der Waals surface area contributed by atoms with E-state index >= 15 is 0 Å². The number of hydrogen-bond donors (Lipinski definition) is 1. The van der Waals surface area contributed by atoms with Crippen molar-refractivity contribution in [2.24, 2.45) is 12.0 Å². The average Bonchev–Trinajstić information content (AvgIpc) is 2.63. The normalized spacial score (nSPS) is 10.8. The first-order valence-electron chi connectivity index (χ1n) is 5.99. The number of rotatable bonds is 5. The summed E-state index contributed by atoms with van der Waals surface area (Å²) in [6, 6.07) is 1.97. The van der Waals surface area contributed by atoms with Crippen molar-refractivity contribution in [1.29, 1.82) is 0 Å². The first-order valence-corrected chi connectivity index (χ1v) is 6.37. The van der Waals surface area contributed by atoms with Crippen LogP contribution in [0.5, 0.6) is 0 Å². The molecular formula is C13H22ClIN4. The van der Waals surface area contributed by atoms with E-state index in [0.29, 0.717) is 6.54 Å². The summed E-state index contributed by atoms with van der Waals surface area (Å²) in [6.45, 7) is 7.94. The highest BCUT2D eigenvalue weighted by Gasteiger charge is 2.09. The molecule has 0 saturated carbocycles. The van der Waals surface area contributed by atoms with E-state index in [-0.39, 0.29) is 24.0 Å². The van der Waals surface area contributed by atoms with Crippen molar-refractivity contribution < 1.29 is 0 Å². The Labute approximate surface area is 137 Å². The summed E-state index contributed by atoms with van der Waals surface area (Å²) in [6.07, 6.45) is 3.68. The van der Waals surface area contributed by atoms with Crippen LogP contribution in [0.15, 0.2) is 29.9 Å². The van der Waals surface area contributed by atoms with Crippen LogP contribution in [-0.2, 0) is 13.6 Å². The van der Waals surface area contributed by atoms with Crippen molar-refractivity contribution in [3.05, 3.63) is 35.6 Å². The molecule has 6 heteroatoms. The summed E-state index contributed by atoms with van der Waals surface area (Å²) in [5, 5.41) is 4.01. The molecule has 0 unspecified atom stereocenters. The smallest absolute Gasteiger partial charge is 0.194 e. The average molecular weight is 397 g/mol.